The van der Waals surface area contributed by atoms with Gasteiger partial charge in [-0.15, -0.1) is 0 Å². The van der Waals surface area contributed by atoms with Crippen LogP contribution in [-0.2, 0) is 0 Å². The highest BCUT2D eigenvalue weighted by molar-refractivity contribution is 6.04. The van der Waals surface area contributed by atoms with Crippen molar-refractivity contribution in [3.05, 3.63) is 96.7 Å². The summed E-state index contributed by atoms with van der Waals surface area (Å²) in [6, 6.07) is 25.8. The molecule has 7 heteroatoms. The molecule has 154 valence electrons. The van der Waals surface area contributed by atoms with E-state index in [9.17, 15) is 9.59 Å². The number of urea groups is 1. The van der Waals surface area contributed by atoms with Gasteiger partial charge >= 0.3 is 6.03 Å². The molecule has 3 aromatic carbocycles. The molecule has 0 fully saturated rings. The Morgan fingerprint density at radius 1 is 0.806 bits per heavy atom. The molecule has 4 aromatic rings. The molecule has 0 spiro atoms. The second-order valence-electron chi connectivity index (χ2n) is 6.78. The normalized spacial score (nSPS) is 10.4. The van der Waals surface area contributed by atoms with Crippen LogP contribution in [0.15, 0.2) is 91.1 Å². The number of benzene rings is 3. The Hall–Kier alpha value is -4.39. The predicted octanol–water partition coefficient (Wildman–Crippen LogP) is 4.54. The van der Waals surface area contributed by atoms with Crippen molar-refractivity contribution >= 4 is 23.3 Å². The summed E-state index contributed by atoms with van der Waals surface area (Å²) < 4.78 is 1.81. The van der Waals surface area contributed by atoms with E-state index in [4.69, 9.17) is 0 Å². The lowest BCUT2D eigenvalue weighted by Crippen LogP contribution is -2.24. The fraction of sp³-hybridized carbons (Fsp3) is 0.0417. The number of amides is 3. The molecule has 4 rings (SSSR count). The van der Waals surface area contributed by atoms with E-state index >= 15 is 0 Å². The quantitative estimate of drug-likeness (QED) is 0.450. The maximum atomic E-state index is 12.8. The van der Waals surface area contributed by atoms with Crippen molar-refractivity contribution in [1.29, 1.82) is 0 Å². The van der Waals surface area contributed by atoms with Crippen LogP contribution < -0.4 is 16.0 Å². The van der Waals surface area contributed by atoms with Crippen LogP contribution in [0.25, 0.3) is 16.9 Å². The molecule has 0 saturated heterocycles. The van der Waals surface area contributed by atoms with Crippen LogP contribution in [0.1, 0.15) is 10.4 Å². The molecule has 0 unspecified atom stereocenters. The van der Waals surface area contributed by atoms with Crippen molar-refractivity contribution < 1.29 is 9.59 Å². The Bertz CT molecular complexity index is 1200. The second-order valence-corrected chi connectivity index (χ2v) is 6.78. The minimum Gasteiger partial charge on any atom is -0.341 e. The molecule has 0 aliphatic rings. The van der Waals surface area contributed by atoms with Crippen molar-refractivity contribution in [2.24, 2.45) is 0 Å². The maximum Gasteiger partial charge on any atom is 0.318 e. The number of rotatable bonds is 5. The Morgan fingerprint density at radius 3 is 2.23 bits per heavy atom. The molecule has 3 N–H and O–H groups in total. The molecule has 3 amide bonds. The molecular weight excluding hydrogens is 390 g/mol. The van der Waals surface area contributed by atoms with Gasteiger partial charge in [0.25, 0.3) is 5.91 Å². The van der Waals surface area contributed by atoms with Crippen molar-refractivity contribution in [1.82, 2.24) is 15.1 Å². The van der Waals surface area contributed by atoms with Crippen LogP contribution in [0.3, 0.4) is 0 Å². The number of nitrogens with zero attached hydrogens (tertiary/aromatic N) is 2. The van der Waals surface area contributed by atoms with Gasteiger partial charge in [0.2, 0.25) is 0 Å². The Kier molecular flexibility index (Phi) is 5.75. The molecule has 0 radical (unpaired) electrons. The van der Waals surface area contributed by atoms with Gasteiger partial charge in [0.1, 0.15) is 0 Å². The van der Waals surface area contributed by atoms with Crippen LogP contribution in [-0.4, -0.2) is 28.8 Å². The number of carbonyl (C=O) groups is 2. The van der Waals surface area contributed by atoms with Crippen molar-refractivity contribution in [2.75, 3.05) is 17.7 Å². The van der Waals surface area contributed by atoms with Crippen LogP contribution in [0.5, 0.6) is 0 Å². The van der Waals surface area contributed by atoms with E-state index in [0.717, 1.165) is 16.9 Å². The number of anilines is 2. The number of hydrogen-bond donors (Lipinski definition) is 3. The van der Waals surface area contributed by atoms with Crippen LogP contribution in [0.2, 0.25) is 0 Å². The van der Waals surface area contributed by atoms with Crippen LogP contribution in [0.4, 0.5) is 16.2 Å². The summed E-state index contributed by atoms with van der Waals surface area (Å²) in [5, 5.41) is 12.5. The van der Waals surface area contributed by atoms with E-state index in [1.54, 1.807) is 49.6 Å². The summed E-state index contributed by atoms with van der Waals surface area (Å²) in [7, 11) is 1.55. The number of aromatic nitrogens is 2. The third-order valence-corrected chi connectivity index (χ3v) is 4.69. The number of carbonyl (C=O) groups excluding carboxylic acids is 2. The first-order chi connectivity index (χ1) is 15.1. The van der Waals surface area contributed by atoms with Crippen molar-refractivity contribution in [3.8, 4) is 16.9 Å². The molecule has 7 nitrogen and oxygen atoms in total. The zero-order chi connectivity index (χ0) is 21.6. The largest absolute Gasteiger partial charge is 0.341 e. The van der Waals surface area contributed by atoms with Crippen molar-refractivity contribution in [2.45, 2.75) is 0 Å². The third kappa shape index (κ3) is 4.62. The molecular formula is C24H21N5O2. The predicted molar refractivity (Wildman–Crippen MR) is 121 cm³/mol. The maximum absolute atomic E-state index is 12.8. The van der Waals surface area contributed by atoms with Gasteiger partial charge in [0.15, 0.2) is 0 Å². The van der Waals surface area contributed by atoms with E-state index in [-0.39, 0.29) is 11.9 Å². The average Bonchev–Trinajstić information content (AvgIpc) is 3.31. The van der Waals surface area contributed by atoms with Gasteiger partial charge in [-0.25, -0.2) is 9.48 Å². The summed E-state index contributed by atoms with van der Waals surface area (Å²) in [6.45, 7) is 0. The fourth-order valence-corrected chi connectivity index (χ4v) is 3.15. The lowest BCUT2D eigenvalue weighted by molar-refractivity contribution is 0.102. The summed E-state index contributed by atoms with van der Waals surface area (Å²) in [4.78, 5) is 24.2. The monoisotopic (exact) mass is 411 g/mol. The lowest BCUT2D eigenvalue weighted by atomic mass is 10.1. The van der Waals surface area contributed by atoms with Gasteiger partial charge in [-0.1, -0.05) is 36.4 Å². The first-order valence-corrected chi connectivity index (χ1v) is 9.74. The molecule has 1 heterocycles. The van der Waals surface area contributed by atoms with E-state index in [1.807, 2.05) is 53.2 Å². The Morgan fingerprint density at radius 2 is 1.52 bits per heavy atom. The zero-order valence-corrected chi connectivity index (χ0v) is 16.9. The zero-order valence-electron chi connectivity index (χ0n) is 16.9. The number of hydrogen-bond acceptors (Lipinski definition) is 3. The number of nitrogens with one attached hydrogen (secondary N) is 3. The smallest absolute Gasteiger partial charge is 0.318 e. The first kappa shape index (κ1) is 19.9. The van der Waals surface area contributed by atoms with Gasteiger partial charge in [-0.05, 0) is 48.5 Å². The SMILES string of the molecule is CNC(=O)Nc1ccc(NC(=O)c2cccc(-n3nccc3-c3ccccc3)c2)cc1. The average molecular weight is 411 g/mol. The minimum atomic E-state index is -0.304. The summed E-state index contributed by atoms with van der Waals surface area (Å²) in [5.41, 5.74) is 4.55. The van der Waals surface area contributed by atoms with E-state index in [0.29, 0.717) is 16.9 Å². The first-order valence-electron chi connectivity index (χ1n) is 9.74. The van der Waals surface area contributed by atoms with Crippen LogP contribution in [0, 0.1) is 0 Å². The molecule has 0 saturated carbocycles. The third-order valence-electron chi connectivity index (χ3n) is 4.69. The lowest BCUT2D eigenvalue weighted by Gasteiger charge is -2.11. The van der Waals surface area contributed by atoms with Gasteiger partial charge in [0.05, 0.1) is 17.6 Å². The fourth-order valence-electron chi connectivity index (χ4n) is 3.15. The highest BCUT2D eigenvalue weighted by atomic mass is 16.2. The van der Waals surface area contributed by atoms with Gasteiger partial charge in [-0.2, -0.15) is 5.10 Å². The summed E-state index contributed by atoms with van der Waals surface area (Å²) in [5.74, 6) is -0.234. The molecule has 0 atom stereocenters. The summed E-state index contributed by atoms with van der Waals surface area (Å²) in [6.07, 6.45) is 1.74. The molecule has 1 aromatic heterocycles. The topological polar surface area (TPSA) is 88.0 Å². The van der Waals surface area contributed by atoms with Gasteiger partial charge in [-0.3, -0.25) is 4.79 Å². The molecule has 0 aliphatic heterocycles. The highest BCUT2D eigenvalue weighted by Gasteiger charge is 2.11. The van der Waals surface area contributed by atoms with Gasteiger partial charge < -0.3 is 16.0 Å². The highest BCUT2D eigenvalue weighted by Crippen LogP contribution is 2.23. The van der Waals surface area contributed by atoms with E-state index in [2.05, 4.69) is 21.0 Å². The summed E-state index contributed by atoms with van der Waals surface area (Å²) >= 11 is 0. The van der Waals surface area contributed by atoms with E-state index < -0.39 is 0 Å². The molecule has 0 bridgehead atoms. The molecule has 31 heavy (non-hydrogen) atoms. The second kappa shape index (κ2) is 8.96. The van der Waals surface area contributed by atoms with Crippen LogP contribution >= 0.6 is 0 Å². The Balaban J connectivity index is 1.52. The standard InChI is InChI=1S/C24H21N5O2/c1-25-24(31)28-20-12-10-19(11-13-20)27-23(30)18-8-5-9-21(16-18)29-22(14-15-26-29)17-6-3-2-4-7-17/h2-16H,1H3,(H,27,30)(H2,25,28,31). The minimum absolute atomic E-state index is 0.234. The van der Waals surface area contributed by atoms with Gasteiger partial charge in [0, 0.05) is 29.5 Å². The van der Waals surface area contributed by atoms with E-state index in [1.165, 1.54) is 0 Å². The Labute approximate surface area is 179 Å². The molecule has 0 aliphatic carbocycles. The van der Waals surface area contributed by atoms with Crippen molar-refractivity contribution in [3.63, 3.8) is 0 Å².